The molecule has 0 saturated carbocycles. The predicted octanol–water partition coefficient (Wildman–Crippen LogP) is 2.43. The van der Waals surface area contributed by atoms with Crippen LogP contribution in [0.15, 0.2) is 0 Å². The quantitative estimate of drug-likeness (QED) is 0.765. The van der Waals surface area contributed by atoms with Gasteiger partial charge in [-0.2, -0.15) is 0 Å². The van der Waals surface area contributed by atoms with Gasteiger partial charge in [0, 0.05) is 43.7 Å². The van der Waals surface area contributed by atoms with Crippen LogP contribution in [0.3, 0.4) is 0 Å². The van der Waals surface area contributed by atoms with Gasteiger partial charge in [-0.1, -0.05) is 32.6 Å². The number of carbonyl (C=O) groups is 1. The zero-order chi connectivity index (χ0) is 7.82. The van der Waals surface area contributed by atoms with Gasteiger partial charge in [-0.05, 0) is 6.42 Å². The molecule has 3 heteroatoms. The minimum atomic E-state index is -0.670. The van der Waals surface area contributed by atoms with Gasteiger partial charge in [-0.15, -0.1) is 0 Å². The Kier molecular flexibility index (Phi) is 13.9. The van der Waals surface area contributed by atoms with Gasteiger partial charge >= 0.3 is 5.97 Å². The largest absolute Gasteiger partial charge is 0.481 e. The maximum atomic E-state index is 10.0. The molecular formula is C8H16ErO2. The first kappa shape index (κ1) is 14.3. The minimum absolute atomic E-state index is 0. The minimum Gasteiger partial charge on any atom is -0.481 e. The van der Waals surface area contributed by atoms with Crippen LogP contribution in [-0.4, -0.2) is 11.1 Å². The number of rotatable bonds is 6. The van der Waals surface area contributed by atoms with Crippen LogP contribution in [0.25, 0.3) is 0 Å². The van der Waals surface area contributed by atoms with Crippen molar-refractivity contribution < 1.29 is 47.2 Å². The van der Waals surface area contributed by atoms with E-state index in [9.17, 15) is 4.79 Å². The summed E-state index contributed by atoms with van der Waals surface area (Å²) in [6.07, 6.45) is 5.88. The molecule has 2 nitrogen and oxygen atoms in total. The van der Waals surface area contributed by atoms with Gasteiger partial charge in [0.1, 0.15) is 0 Å². The molecule has 0 aliphatic carbocycles. The van der Waals surface area contributed by atoms with E-state index in [4.69, 9.17) is 5.11 Å². The van der Waals surface area contributed by atoms with E-state index >= 15 is 0 Å². The number of aliphatic carboxylic acids is 1. The Hall–Kier alpha value is 0.717. The molecule has 72 valence electrons. The summed E-state index contributed by atoms with van der Waals surface area (Å²) < 4.78 is 0. The van der Waals surface area contributed by atoms with Crippen molar-refractivity contribution in [3.05, 3.63) is 0 Å². The fraction of sp³-hybridized carbons (Fsp3) is 0.875. The number of hydrogen-bond acceptors (Lipinski definition) is 1. The molecule has 11 heavy (non-hydrogen) atoms. The third-order valence-electron chi connectivity index (χ3n) is 1.49. The molecule has 0 radical (unpaired) electrons. The molecule has 0 spiro atoms. The second-order valence-corrected chi connectivity index (χ2v) is 2.56. The molecule has 0 atom stereocenters. The van der Waals surface area contributed by atoms with Gasteiger partial charge in [-0.25, -0.2) is 0 Å². The second kappa shape index (κ2) is 10.7. The van der Waals surface area contributed by atoms with E-state index in [1.165, 1.54) is 19.3 Å². The monoisotopic (exact) mass is 310 g/mol. The summed E-state index contributed by atoms with van der Waals surface area (Å²) in [5, 5.41) is 8.27. The Morgan fingerprint density at radius 1 is 1.18 bits per heavy atom. The first-order valence-corrected chi connectivity index (χ1v) is 3.99. The molecule has 0 fully saturated rings. The van der Waals surface area contributed by atoms with Crippen LogP contribution in [0.5, 0.6) is 0 Å². The van der Waals surface area contributed by atoms with E-state index in [1.807, 2.05) is 0 Å². The number of carboxylic acids is 1. The molecule has 0 aliphatic heterocycles. The zero-order valence-electron chi connectivity index (χ0n) is 6.89. The van der Waals surface area contributed by atoms with Crippen molar-refractivity contribution in [1.29, 1.82) is 0 Å². The molecule has 0 unspecified atom stereocenters. The van der Waals surface area contributed by atoms with Crippen LogP contribution in [0.2, 0.25) is 0 Å². The number of hydrogen-bond donors (Lipinski definition) is 1. The van der Waals surface area contributed by atoms with Crippen LogP contribution < -0.4 is 0 Å². The van der Waals surface area contributed by atoms with Crippen LogP contribution in [0.4, 0.5) is 0 Å². The van der Waals surface area contributed by atoms with E-state index in [1.54, 1.807) is 0 Å². The average Bonchev–Trinajstić information content (AvgIpc) is 1.87. The maximum absolute atomic E-state index is 10.0. The zero-order valence-corrected chi connectivity index (χ0v) is 8.74. The SMILES string of the molecule is CCCCCCCC(=O)O.[Er]. The summed E-state index contributed by atoms with van der Waals surface area (Å²) in [6.45, 7) is 2.15. The van der Waals surface area contributed by atoms with Crippen LogP contribution >= 0.6 is 0 Å². The molecule has 0 aromatic rings. The normalized spacial score (nSPS) is 8.82. The van der Waals surface area contributed by atoms with Crippen molar-refractivity contribution in [3.8, 4) is 0 Å². The Morgan fingerprint density at radius 2 is 1.73 bits per heavy atom. The standard InChI is InChI=1S/C8H16O2.Er/c1-2-3-4-5-6-7-8(9)10;/h2-7H2,1H3,(H,9,10);. The summed E-state index contributed by atoms with van der Waals surface area (Å²) in [6, 6.07) is 0. The van der Waals surface area contributed by atoms with Crippen molar-refractivity contribution in [3.63, 3.8) is 0 Å². The molecule has 0 amide bonds. The van der Waals surface area contributed by atoms with Crippen molar-refractivity contribution in [2.24, 2.45) is 0 Å². The first-order valence-electron chi connectivity index (χ1n) is 3.99. The Bertz CT molecular complexity index is 94.1. The smallest absolute Gasteiger partial charge is 0.303 e. The molecule has 0 aliphatic rings. The Morgan fingerprint density at radius 3 is 2.18 bits per heavy atom. The summed E-state index contributed by atoms with van der Waals surface area (Å²) in [7, 11) is 0. The number of carboxylic acid groups (broad SMARTS) is 1. The van der Waals surface area contributed by atoms with Gasteiger partial charge in [0.25, 0.3) is 0 Å². The maximum Gasteiger partial charge on any atom is 0.303 e. The molecule has 0 rings (SSSR count). The molecule has 0 bridgehead atoms. The first-order chi connectivity index (χ1) is 4.77. The summed E-state index contributed by atoms with van der Waals surface area (Å²) in [5.74, 6) is -0.670. The fourth-order valence-corrected chi connectivity index (χ4v) is 0.880. The molecule has 1 N–H and O–H groups in total. The van der Waals surface area contributed by atoms with E-state index in [0.717, 1.165) is 12.8 Å². The summed E-state index contributed by atoms with van der Waals surface area (Å²) in [4.78, 5) is 10.0. The van der Waals surface area contributed by atoms with E-state index in [2.05, 4.69) is 6.92 Å². The van der Waals surface area contributed by atoms with Gasteiger partial charge < -0.3 is 5.11 Å². The molecule has 0 heterocycles. The van der Waals surface area contributed by atoms with E-state index < -0.39 is 5.97 Å². The van der Waals surface area contributed by atoms with Crippen molar-refractivity contribution in [2.75, 3.05) is 0 Å². The second-order valence-electron chi connectivity index (χ2n) is 2.56. The molecular weight excluding hydrogens is 295 g/mol. The van der Waals surface area contributed by atoms with E-state index in [-0.39, 0.29) is 37.3 Å². The molecule has 0 saturated heterocycles. The van der Waals surface area contributed by atoms with Crippen molar-refractivity contribution >= 4 is 5.97 Å². The predicted molar refractivity (Wildman–Crippen MR) is 41.0 cm³/mol. The molecule has 0 aromatic carbocycles. The van der Waals surface area contributed by atoms with Crippen LogP contribution in [-0.2, 0) is 4.79 Å². The third-order valence-corrected chi connectivity index (χ3v) is 1.49. The Balaban J connectivity index is 0. The summed E-state index contributed by atoms with van der Waals surface area (Å²) >= 11 is 0. The van der Waals surface area contributed by atoms with Crippen LogP contribution in [0.1, 0.15) is 45.4 Å². The van der Waals surface area contributed by atoms with Gasteiger partial charge in [-0.3, -0.25) is 4.79 Å². The topological polar surface area (TPSA) is 37.3 Å². The van der Waals surface area contributed by atoms with Crippen LogP contribution in [0, 0.1) is 37.3 Å². The fourth-order valence-electron chi connectivity index (χ4n) is 0.880. The van der Waals surface area contributed by atoms with Gasteiger partial charge in [0.2, 0.25) is 0 Å². The van der Waals surface area contributed by atoms with E-state index in [0.29, 0.717) is 6.42 Å². The van der Waals surface area contributed by atoms with Crippen molar-refractivity contribution in [1.82, 2.24) is 0 Å². The summed E-state index contributed by atoms with van der Waals surface area (Å²) in [5.41, 5.74) is 0. The van der Waals surface area contributed by atoms with Crippen molar-refractivity contribution in [2.45, 2.75) is 45.4 Å². The average molecular weight is 311 g/mol. The molecule has 0 aromatic heterocycles. The third kappa shape index (κ3) is 13.7. The van der Waals surface area contributed by atoms with Gasteiger partial charge in [0.15, 0.2) is 0 Å². The van der Waals surface area contributed by atoms with Gasteiger partial charge in [0.05, 0.1) is 0 Å². The number of unbranched alkanes of at least 4 members (excludes halogenated alkanes) is 4. The Labute approximate surface area is 98.0 Å².